The second-order valence-corrected chi connectivity index (χ2v) is 6.07. The summed E-state index contributed by atoms with van der Waals surface area (Å²) < 4.78 is 10.6. The van der Waals surface area contributed by atoms with Crippen LogP contribution in [0.25, 0.3) is 6.08 Å². The zero-order chi connectivity index (χ0) is 20.1. The van der Waals surface area contributed by atoms with Gasteiger partial charge in [0.05, 0.1) is 19.4 Å². The van der Waals surface area contributed by atoms with Crippen molar-refractivity contribution >= 4 is 29.6 Å². The lowest BCUT2D eigenvalue weighted by Gasteiger charge is -2.26. The highest BCUT2D eigenvalue weighted by Gasteiger charge is 2.36. The zero-order valence-electron chi connectivity index (χ0n) is 15.6. The number of amides is 4. The van der Waals surface area contributed by atoms with Gasteiger partial charge in [-0.1, -0.05) is 19.1 Å². The lowest BCUT2D eigenvalue weighted by Crippen LogP contribution is -2.54. The summed E-state index contributed by atoms with van der Waals surface area (Å²) in [6, 6.07) is 12.6. The number of nitrogens with one attached hydrogen (secondary N) is 1. The maximum absolute atomic E-state index is 12.8. The number of methoxy groups -OCH3 is 1. The highest BCUT2D eigenvalue weighted by Crippen LogP contribution is 2.24. The number of carbonyl (C=O) groups is 3. The predicted octanol–water partition coefficient (Wildman–Crippen LogP) is 3.15. The lowest BCUT2D eigenvalue weighted by molar-refractivity contribution is -0.122. The number of hydrogen-bond donors (Lipinski definition) is 1. The molecule has 0 aromatic heterocycles. The fourth-order valence-electron chi connectivity index (χ4n) is 2.67. The number of hydrogen-bond acceptors (Lipinski definition) is 5. The Morgan fingerprint density at radius 3 is 2.21 bits per heavy atom. The molecule has 0 spiro atoms. The van der Waals surface area contributed by atoms with Crippen LogP contribution in [0.4, 0.5) is 10.5 Å². The molecule has 0 aliphatic carbocycles. The molecule has 7 nitrogen and oxygen atoms in total. The Labute approximate surface area is 162 Å². The topological polar surface area (TPSA) is 84.9 Å². The minimum absolute atomic E-state index is 0.127. The van der Waals surface area contributed by atoms with Crippen LogP contribution in [0.2, 0.25) is 0 Å². The molecule has 1 aliphatic rings. The normalized spacial score (nSPS) is 15.6. The zero-order valence-corrected chi connectivity index (χ0v) is 15.6. The van der Waals surface area contributed by atoms with Crippen molar-refractivity contribution in [3.63, 3.8) is 0 Å². The molecule has 1 N–H and O–H groups in total. The number of nitrogens with zero attached hydrogens (tertiary/aromatic N) is 1. The smallest absolute Gasteiger partial charge is 0.335 e. The van der Waals surface area contributed by atoms with E-state index >= 15 is 0 Å². The molecule has 7 heteroatoms. The summed E-state index contributed by atoms with van der Waals surface area (Å²) in [4.78, 5) is 38.2. The van der Waals surface area contributed by atoms with E-state index in [2.05, 4.69) is 5.32 Å². The van der Waals surface area contributed by atoms with Crippen LogP contribution in [-0.4, -0.2) is 31.6 Å². The molecule has 144 valence electrons. The molecular formula is C21H20N2O5. The van der Waals surface area contributed by atoms with Crippen LogP contribution in [0.5, 0.6) is 11.5 Å². The number of urea groups is 1. The number of ether oxygens (including phenoxy) is 2. The molecule has 1 aliphatic heterocycles. The SMILES string of the molecule is CCCOc1ccc(/C=C2\C(=O)NC(=O)N(c3ccc(OC)cc3)C2=O)cc1. The lowest BCUT2D eigenvalue weighted by atomic mass is 10.1. The Kier molecular flexibility index (Phi) is 5.74. The molecule has 1 saturated heterocycles. The van der Waals surface area contributed by atoms with Crippen LogP contribution in [-0.2, 0) is 9.59 Å². The Hall–Kier alpha value is -3.61. The first-order valence-corrected chi connectivity index (χ1v) is 8.82. The van der Waals surface area contributed by atoms with Gasteiger partial charge in [-0.3, -0.25) is 14.9 Å². The van der Waals surface area contributed by atoms with Crippen molar-refractivity contribution in [3.05, 3.63) is 59.7 Å². The van der Waals surface area contributed by atoms with Crippen molar-refractivity contribution in [1.82, 2.24) is 5.32 Å². The molecular weight excluding hydrogens is 360 g/mol. The third-order valence-corrected chi connectivity index (χ3v) is 4.10. The number of benzene rings is 2. The van der Waals surface area contributed by atoms with Crippen molar-refractivity contribution < 1.29 is 23.9 Å². The first-order valence-electron chi connectivity index (χ1n) is 8.82. The Morgan fingerprint density at radius 1 is 0.964 bits per heavy atom. The van der Waals surface area contributed by atoms with Gasteiger partial charge in [0.25, 0.3) is 11.8 Å². The number of anilines is 1. The van der Waals surface area contributed by atoms with E-state index < -0.39 is 17.8 Å². The Balaban J connectivity index is 1.87. The van der Waals surface area contributed by atoms with Gasteiger partial charge in [-0.15, -0.1) is 0 Å². The Morgan fingerprint density at radius 2 is 1.61 bits per heavy atom. The molecule has 28 heavy (non-hydrogen) atoms. The largest absolute Gasteiger partial charge is 0.497 e. The molecule has 1 heterocycles. The van der Waals surface area contributed by atoms with Gasteiger partial charge in [0.15, 0.2) is 0 Å². The first-order chi connectivity index (χ1) is 13.5. The van der Waals surface area contributed by atoms with Crippen molar-refractivity contribution in [2.45, 2.75) is 13.3 Å². The highest BCUT2D eigenvalue weighted by molar-refractivity contribution is 6.39. The minimum Gasteiger partial charge on any atom is -0.497 e. The van der Waals surface area contributed by atoms with Crippen molar-refractivity contribution in [1.29, 1.82) is 0 Å². The van der Waals surface area contributed by atoms with E-state index in [0.29, 0.717) is 29.4 Å². The molecule has 0 radical (unpaired) electrons. The van der Waals surface area contributed by atoms with Crippen LogP contribution < -0.4 is 19.7 Å². The monoisotopic (exact) mass is 380 g/mol. The van der Waals surface area contributed by atoms with Crippen LogP contribution in [0.15, 0.2) is 54.1 Å². The number of barbiturate groups is 1. The van der Waals surface area contributed by atoms with Crippen molar-refractivity contribution in [2.75, 3.05) is 18.6 Å². The van der Waals surface area contributed by atoms with Crippen molar-refractivity contribution in [2.24, 2.45) is 0 Å². The molecule has 0 saturated carbocycles. The fourth-order valence-corrected chi connectivity index (χ4v) is 2.67. The molecule has 4 amide bonds. The average molecular weight is 380 g/mol. The van der Waals surface area contributed by atoms with E-state index in [1.165, 1.54) is 13.2 Å². The molecule has 0 atom stereocenters. The van der Waals surface area contributed by atoms with Crippen LogP contribution in [0, 0.1) is 0 Å². The number of imide groups is 2. The molecule has 3 rings (SSSR count). The molecule has 2 aromatic rings. The van der Waals surface area contributed by atoms with Crippen LogP contribution in [0.1, 0.15) is 18.9 Å². The number of rotatable bonds is 6. The van der Waals surface area contributed by atoms with Crippen LogP contribution in [0.3, 0.4) is 0 Å². The van der Waals surface area contributed by atoms with Gasteiger partial charge in [0.1, 0.15) is 17.1 Å². The van der Waals surface area contributed by atoms with E-state index in [-0.39, 0.29) is 5.57 Å². The van der Waals surface area contributed by atoms with Crippen molar-refractivity contribution in [3.8, 4) is 11.5 Å². The summed E-state index contributed by atoms with van der Waals surface area (Å²) in [6.07, 6.45) is 2.35. The maximum Gasteiger partial charge on any atom is 0.335 e. The summed E-state index contributed by atoms with van der Waals surface area (Å²) in [5.41, 5.74) is 0.856. The summed E-state index contributed by atoms with van der Waals surface area (Å²) in [7, 11) is 1.52. The van der Waals surface area contributed by atoms with Gasteiger partial charge in [0, 0.05) is 0 Å². The molecule has 2 aromatic carbocycles. The third kappa shape index (κ3) is 4.03. The average Bonchev–Trinajstić information content (AvgIpc) is 2.71. The predicted molar refractivity (Wildman–Crippen MR) is 104 cm³/mol. The quantitative estimate of drug-likeness (QED) is 0.615. The van der Waals surface area contributed by atoms with Gasteiger partial charge in [0.2, 0.25) is 0 Å². The summed E-state index contributed by atoms with van der Waals surface area (Å²) in [6.45, 7) is 2.63. The van der Waals surface area contributed by atoms with Crippen LogP contribution >= 0.6 is 0 Å². The summed E-state index contributed by atoms with van der Waals surface area (Å²) in [5.74, 6) is -0.124. The molecule has 0 bridgehead atoms. The van der Waals surface area contributed by atoms with E-state index in [9.17, 15) is 14.4 Å². The van der Waals surface area contributed by atoms with Gasteiger partial charge in [-0.05, 0) is 54.5 Å². The first kappa shape index (κ1) is 19.2. The summed E-state index contributed by atoms with van der Waals surface area (Å²) >= 11 is 0. The molecule has 0 unspecified atom stereocenters. The number of carbonyl (C=O) groups excluding carboxylic acids is 3. The second kappa shape index (κ2) is 8.39. The van der Waals surface area contributed by atoms with E-state index in [4.69, 9.17) is 9.47 Å². The van der Waals surface area contributed by atoms with Gasteiger partial charge < -0.3 is 9.47 Å². The highest BCUT2D eigenvalue weighted by atomic mass is 16.5. The van der Waals surface area contributed by atoms with Gasteiger partial charge in [-0.2, -0.15) is 0 Å². The minimum atomic E-state index is -0.791. The standard InChI is InChI=1S/C21H20N2O5/c1-3-12-28-17-8-4-14(5-9-17)13-18-19(24)22-21(26)23(20(18)25)15-6-10-16(27-2)11-7-15/h4-11,13H,3,12H2,1-2H3,(H,22,24,26)/b18-13+. The second-order valence-electron chi connectivity index (χ2n) is 6.07. The molecule has 1 fully saturated rings. The Bertz CT molecular complexity index is 917. The van der Waals surface area contributed by atoms with Gasteiger partial charge in [-0.25, -0.2) is 9.69 Å². The maximum atomic E-state index is 12.8. The third-order valence-electron chi connectivity index (χ3n) is 4.10. The van der Waals surface area contributed by atoms with E-state index in [1.54, 1.807) is 48.5 Å². The fraction of sp³-hybridized carbons (Fsp3) is 0.190. The van der Waals surface area contributed by atoms with E-state index in [1.807, 2.05) is 6.92 Å². The summed E-state index contributed by atoms with van der Waals surface area (Å²) in [5, 5.41) is 2.20. The van der Waals surface area contributed by atoms with Gasteiger partial charge >= 0.3 is 6.03 Å². The van der Waals surface area contributed by atoms with E-state index in [0.717, 1.165) is 11.3 Å².